The number of esters is 1. The van der Waals surface area contributed by atoms with Crippen molar-refractivity contribution in [3.8, 4) is 0 Å². The summed E-state index contributed by atoms with van der Waals surface area (Å²) < 4.78 is 9.99. The first-order valence-corrected chi connectivity index (χ1v) is 5.02. The standard InChI is InChI=1S/C10H17NO4/c1-10(2,3)15-9(13)11-5-4-6-14-8(12)7-11/h4-7H2,1-3H3. The van der Waals surface area contributed by atoms with Gasteiger partial charge in [-0.05, 0) is 27.2 Å². The lowest BCUT2D eigenvalue weighted by atomic mass is 10.2. The van der Waals surface area contributed by atoms with Gasteiger partial charge in [-0.3, -0.25) is 9.69 Å². The van der Waals surface area contributed by atoms with Crippen molar-refractivity contribution in [2.24, 2.45) is 0 Å². The minimum atomic E-state index is -0.534. The molecule has 5 heteroatoms. The summed E-state index contributed by atoms with van der Waals surface area (Å²) in [6.07, 6.45) is 0.201. The molecular formula is C10H17NO4. The average molecular weight is 215 g/mol. The molecule has 0 aliphatic carbocycles. The van der Waals surface area contributed by atoms with Crippen molar-refractivity contribution in [2.45, 2.75) is 32.8 Å². The Morgan fingerprint density at radius 1 is 1.47 bits per heavy atom. The number of amides is 1. The van der Waals surface area contributed by atoms with E-state index in [9.17, 15) is 9.59 Å². The van der Waals surface area contributed by atoms with Crippen LogP contribution in [-0.4, -0.2) is 42.3 Å². The van der Waals surface area contributed by atoms with E-state index in [0.717, 1.165) is 0 Å². The van der Waals surface area contributed by atoms with Gasteiger partial charge < -0.3 is 9.47 Å². The Morgan fingerprint density at radius 3 is 2.73 bits per heavy atom. The fraction of sp³-hybridized carbons (Fsp3) is 0.800. The molecule has 1 rings (SSSR count). The third kappa shape index (κ3) is 4.18. The summed E-state index contributed by atoms with van der Waals surface area (Å²) in [5, 5.41) is 0. The maximum atomic E-state index is 11.6. The van der Waals surface area contributed by atoms with Crippen LogP contribution < -0.4 is 0 Å². The van der Waals surface area contributed by atoms with Crippen LogP contribution in [-0.2, 0) is 14.3 Å². The predicted molar refractivity (Wildman–Crippen MR) is 53.4 cm³/mol. The highest BCUT2D eigenvalue weighted by Crippen LogP contribution is 2.11. The molecule has 1 aliphatic rings. The van der Waals surface area contributed by atoms with Crippen LogP contribution in [0.4, 0.5) is 4.79 Å². The minimum absolute atomic E-state index is 0.0189. The van der Waals surface area contributed by atoms with Crippen LogP contribution in [0, 0.1) is 0 Å². The molecule has 0 aromatic rings. The van der Waals surface area contributed by atoms with Gasteiger partial charge in [0, 0.05) is 6.54 Å². The highest BCUT2D eigenvalue weighted by atomic mass is 16.6. The van der Waals surface area contributed by atoms with Crippen molar-refractivity contribution in [2.75, 3.05) is 19.7 Å². The van der Waals surface area contributed by atoms with Gasteiger partial charge in [0.05, 0.1) is 6.61 Å². The molecule has 0 spiro atoms. The van der Waals surface area contributed by atoms with Crippen LogP contribution in [0.15, 0.2) is 0 Å². The Bertz CT molecular complexity index is 257. The maximum absolute atomic E-state index is 11.6. The van der Waals surface area contributed by atoms with Gasteiger partial charge in [0.25, 0.3) is 0 Å². The van der Waals surface area contributed by atoms with Crippen LogP contribution in [0.5, 0.6) is 0 Å². The van der Waals surface area contributed by atoms with Crippen molar-refractivity contribution < 1.29 is 19.1 Å². The first-order valence-electron chi connectivity index (χ1n) is 5.02. The second-order valence-corrected chi connectivity index (χ2v) is 4.48. The van der Waals surface area contributed by atoms with E-state index < -0.39 is 11.7 Å². The molecule has 0 atom stereocenters. The van der Waals surface area contributed by atoms with Crippen molar-refractivity contribution in [1.29, 1.82) is 0 Å². The number of cyclic esters (lactones) is 1. The number of carbonyl (C=O) groups excluding carboxylic acids is 2. The van der Waals surface area contributed by atoms with E-state index in [1.165, 1.54) is 4.90 Å². The topological polar surface area (TPSA) is 55.8 Å². The maximum Gasteiger partial charge on any atom is 0.410 e. The van der Waals surface area contributed by atoms with Gasteiger partial charge >= 0.3 is 12.1 Å². The predicted octanol–water partition coefficient (Wildman–Crippen LogP) is 1.17. The summed E-state index contributed by atoms with van der Waals surface area (Å²) in [5.41, 5.74) is -0.534. The summed E-state index contributed by atoms with van der Waals surface area (Å²) in [6, 6.07) is 0. The normalized spacial score (nSPS) is 18.1. The van der Waals surface area contributed by atoms with E-state index in [1.807, 2.05) is 0 Å². The van der Waals surface area contributed by atoms with E-state index in [-0.39, 0.29) is 12.5 Å². The highest BCUT2D eigenvalue weighted by molar-refractivity contribution is 5.78. The molecule has 1 saturated heterocycles. The van der Waals surface area contributed by atoms with Crippen LogP contribution in [0.3, 0.4) is 0 Å². The van der Waals surface area contributed by atoms with Crippen molar-refractivity contribution in [1.82, 2.24) is 4.90 Å². The van der Waals surface area contributed by atoms with E-state index in [0.29, 0.717) is 19.6 Å². The molecule has 0 aromatic carbocycles. The zero-order chi connectivity index (χ0) is 11.5. The lowest BCUT2D eigenvalue weighted by Crippen LogP contribution is -2.39. The molecule has 0 unspecified atom stereocenters. The molecule has 15 heavy (non-hydrogen) atoms. The number of ether oxygens (including phenoxy) is 2. The van der Waals surface area contributed by atoms with Gasteiger partial charge in [-0.2, -0.15) is 0 Å². The van der Waals surface area contributed by atoms with E-state index in [4.69, 9.17) is 9.47 Å². The van der Waals surface area contributed by atoms with Crippen LogP contribution in [0.2, 0.25) is 0 Å². The number of hydrogen-bond acceptors (Lipinski definition) is 4. The zero-order valence-corrected chi connectivity index (χ0v) is 9.41. The third-order valence-corrected chi connectivity index (χ3v) is 1.81. The molecule has 0 saturated carbocycles. The van der Waals surface area contributed by atoms with E-state index in [2.05, 4.69) is 0 Å². The lowest BCUT2D eigenvalue weighted by Gasteiger charge is -2.25. The fourth-order valence-corrected chi connectivity index (χ4v) is 1.20. The molecule has 1 fully saturated rings. The largest absolute Gasteiger partial charge is 0.464 e. The number of rotatable bonds is 0. The van der Waals surface area contributed by atoms with E-state index >= 15 is 0 Å². The Balaban J connectivity index is 2.54. The van der Waals surface area contributed by atoms with Gasteiger partial charge in [-0.1, -0.05) is 0 Å². The monoisotopic (exact) mass is 215 g/mol. The van der Waals surface area contributed by atoms with Crippen LogP contribution in [0.1, 0.15) is 27.2 Å². The van der Waals surface area contributed by atoms with Gasteiger partial charge in [0.15, 0.2) is 0 Å². The molecule has 1 heterocycles. The second kappa shape index (κ2) is 4.51. The Kier molecular flexibility index (Phi) is 3.55. The number of nitrogens with zero attached hydrogens (tertiary/aromatic N) is 1. The zero-order valence-electron chi connectivity index (χ0n) is 9.41. The Hall–Kier alpha value is -1.26. The lowest BCUT2D eigenvalue weighted by molar-refractivity contribution is -0.142. The second-order valence-electron chi connectivity index (χ2n) is 4.48. The van der Waals surface area contributed by atoms with Gasteiger partial charge in [0.1, 0.15) is 12.1 Å². The summed E-state index contributed by atoms with van der Waals surface area (Å²) in [4.78, 5) is 24.1. The molecule has 0 radical (unpaired) electrons. The molecular weight excluding hydrogens is 198 g/mol. The molecule has 1 aliphatic heterocycles. The molecule has 0 bridgehead atoms. The minimum Gasteiger partial charge on any atom is -0.464 e. The average Bonchev–Trinajstić information content (AvgIpc) is 2.26. The summed E-state index contributed by atoms with van der Waals surface area (Å²) in [5.74, 6) is -0.377. The summed E-state index contributed by atoms with van der Waals surface area (Å²) >= 11 is 0. The van der Waals surface area contributed by atoms with Crippen molar-refractivity contribution in [3.05, 3.63) is 0 Å². The SMILES string of the molecule is CC(C)(C)OC(=O)N1CCCOC(=O)C1. The quantitative estimate of drug-likeness (QED) is 0.569. The highest BCUT2D eigenvalue weighted by Gasteiger charge is 2.25. The van der Waals surface area contributed by atoms with Gasteiger partial charge in [-0.25, -0.2) is 4.79 Å². The van der Waals surface area contributed by atoms with Gasteiger partial charge in [0.2, 0.25) is 0 Å². The fourth-order valence-electron chi connectivity index (χ4n) is 1.20. The third-order valence-electron chi connectivity index (χ3n) is 1.81. The van der Waals surface area contributed by atoms with Crippen molar-refractivity contribution in [3.63, 3.8) is 0 Å². The smallest absolute Gasteiger partial charge is 0.410 e. The van der Waals surface area contributed by atoms with Crippen LogP contribution >= 0.6 is 0 Å². The molecule has 86 valence electrons. The van der Waals surface area contributed by atoms with E-state index in [1.54, 1.807) is 20.8 Å². The van der Waals surface area contributed by atoms with Crippen molar-refractivity contribution >= 4 is 12.1 Å². The Morgan fingerprint density at radius 2 is 2.13 bits per heavy atom. The summed E-state index contributed by atoms with van der Waals surface area (Å²) in [7, 11) is 0. The molecule has 0 N–H and O–H groups in total. The molecule has 5 nitrogen and oxygen atoms in total. The number of carbonyl (C=O) groups is 2. The van der Waals surface area contributed by atoms with Crippen LogP contribution in [0.25, 0.3) is 0 Å². The first kappa shape index (κ1) is 11.8. The summed E-state index contributed by atoms with van der Waals surface area (Å²) in [6.45, 7) is 6.23. The van der Waals surface area contributed by atoms with Gasteiger partial charge in [-0.15, -0.1) is 0 Å². The molecule has 1 amide bonds. The first-order chi connectivity index (χ1) is 6.88. The number of hydrogen-bond donors (Lipinski definition) is 0. The molecule has 0 aromatic heterocycles. The Labute approximate surface area is 89.3 Å².